The normalized spacial score (nSPS) is 12.9. The minimum atomic E-state index is -0.540. The largest absolute Gasteiger partial charge is 0.310 e. The number of fused-ring (bicyclic) bond motifs is 13. The summed E-state index contributed by atoms with van der Waals surface area (Å²) in [7, 11) is 0. The van der Waals surface area contributed by atoms with E-state index in [1.807, 2.05) is 11.3 Å². The van der Waals surface area contributed by atoms with E-state index in [1.165, 1.54) is 98.1 Å². The summed E-state index contributed by atoms with van der Waals surface area (Å²) in [6, 6.07) is 87.7. The third kappa shape index (κ3) is 5.35. The maximum atomic E-state index is 2.56. The van der Waals surface area contributed by atoms with Crippen molar-refractivity contribution in [3.63, 3.8) is 0 Å². The van der Waals surface area contributed by atoms with Crippen LogP contribution >= 0.6 is 11.3 Å². The summed E-state index contributed by atoms with van der Waals surface area (Å²) in [5, 5.41) is 2.65. The third-order valence-electron chi connectivity index (χ3n) is 13.5. The van der Waals surface area contributed by atoms with Gasteiger partial charge in [0.2, 0.25) is 0 Å². The second-order valence-corrected chi connectivity index (χ2v) is 17.8. The second kappa shape index (κ2) is 14.1. The molecular weight excluding hydrogens is 779 g/mol. The van der Waals surface area contributed by atoms with Crippen LogP contribution in [0.25, 0.3) is 75.8 Å². The molecule has 2 aliphatic carbocycles. The molecule has 0 saturated carbocycles. The molecule has 0 N–H and O–H groups in total. The Morgan fingerprint density at radius 3 is 1.37 bits per heavy atom. The average molecular weight is 818 g/mol. The Labute approximate surface area is 371 Å². The molecule has 13 rings (SSSR count). The smallest absolute Gasteiger partial charge is 0.0727 e. The maximum Gasteiger partial charge on any atom is 0.0727 e. The monoisotopic (exact) mass is 817 g/mol. The van der Waals surface area contributed by atoms with Gasteiger partial charge in [0, 0.05) is 37.2 Å². The molecule has 11 aromatic rings. The van der Waals surface area contributed by atoms with Crippen molar-refractivity contribution in [2.24, 2.45) is 0 Å². The molecule has 2 heteroatoms. The zero-order valence-corrected chi connectivity index (χ0v) is 35.2. The molecule has 0 amide bonds. The number of thiophene rings is 1. The molecule has 0 radical (unpaired) electrons. The topological polar surface area (TPSA) is 3.24 Å². The van der Waals surface area contributed by atoms with E-state index in [-0.39, 0.29) is 0 Å². The van der Waals surface area contributed by atoms with Crippen molar-refractivity contribution < 1.29 is 0 Å². The van der Waals surface area contributed by atoms with Gasteiger partial charge >= 0.3 is 0 Å². The van der Waals surface area contributed by atoms with E-state index >= 15 is 0 Å². The van der Waals surface area contributed by atoms with Gasteiger partial charge < -0.3 is 4.90 Å². The van der Waals surface area contributed by atoms with Gasteiger partial charge in [-0.2, -0.15) is 0 Å². The lowest BCUT2D eigenvalue weighted by Gasteiger charge is -2.32. The van der Waals surface area contributed by atoms with Crippen LogP contribution in [0.3, 0.4) is 0 Å². The predicted molar refractivity (Wildman–Crippen MR) is 267 cm³/mol. The Bertz CT molecular complexity index is 3400. The van der Waals surface area contributed by atoms with Gasteiger partial charge in [-0.25, -0.2) is 0 Å². The first kappa shape index (κ1) is 35.9. The molecule has 0 unspecified atom stereocenters. The highest BCUT2D eigenvalue weighted by molar-refractivity contribution is 7.26. The number of rotatable bonds is 6. The molecule has 0 aliphatic heterocycles. The number of nitrogens with zero attached hydrogens (tertiary/aromatic N) is 1. The molecule has 0 saturated heterocycles. The third-order valence-corrected chi connectivity index (χ3v) is 14.6. The molecule has 1 heterocycles. The van der Waals surface area contributed by atoms with Crippen LogP contribution < -0.4 is 4.90 Å². The zero-order chi connectivity index (χ0) is 41.5. The van der Waals surface area contributed by atoms with Crippen molar-refractivity contribution in [1.82, 2.24) is 0 Å². The van der Waals surface area contributed by atoms with Crippen LogP contribution in [0, 0.1) is 0 Å². The van der Waals surface area contributed by atoms with Crippen molar-refractivity contribution in [3.05, 3.63) is 259 Å². The van der Waals surface area contributed by atoms with E-state index in [0.29, 0.717) is 0 Å². The number of benzene rings is 10. The van der Waals surface area contributed by atoms with Crippen LogP contribution in [0.1, 0.15) is 22.3 Å². The fourth-order valence-corrected chi connectivity index (χ4v) is 12.0. The van der Waals surface area contributed by atoms with Gasteiger partial charge in [0.1, 0.15) is 0 Å². The fourth-order valence-electron chi connectivity index (χ4n) is 10.8. The Kier molecular flexibility index (Phi) is 8.06. The highest BCUT2D eigenvalue weighted by Crippen LogP contribution is 2.66. The summed E-state index contributed by atoms with van der Waals surface area (Å²) in [6.45, 7) is 0. The Morgan fingerprint density at radius 2 is 0.778 bits per heavy atom. The Hall–Kier alpha value is -7.78. The highest BCUT2D eigenvalue weighted by atomic mass is 32.1. The van der Waals surface area contributed by atoms with Crippen molar-refractivity contribution in [2.45, 2.75) is 5.41 Å². The van der Waals surface area contributed by atoms with E-state index in [4.69, 9.17) is 0 Å². The van der Waals surface area contributed by atoms with Crippen molar-refractivity contribution in [2.75, 3.05) is 4.90 Å². The zero-order valence-electron chi connectivity index (χ0n) is 34.4. The average Bonchev–Trinajstić information content (AvgIpc) is 3.98. The first-order valence-electron chi connectivity index (χ1n) is 21.8. The van der Waals surface area contributed by atoms with Crippen molar-refractivity contribution in [3.8, 4) is 55.6 Å². The van der Waals surface area contributed by atoms with Crippen LogP contribution in [-0.2, 0) is 5.41 Å². The van der Waals surface area contributed by atoms with E-state index in [1.54, 1.807) is 0 Å². The van der Waals surface area contributed by atoms with Gasteiger partial charge in [-0.15, -0.1) is 11.3 Å². The highest BCUT2D eigenvalue weighted by Gasteiger charge is 2.53. The van der Waals surface area contributed by atoms with E-state index in [9.17, 15) is 0 Å². The summed E-state index contributed by atoms with van der Waals surface area (Å²) >= 11 is 1.91. The predicted octanol–water partition coefficient (Wildman–Crippen LogP) is 16.9. The first-order valence-corrected chi connectivity index (χ1v) is 22.6. The van der Waals surface area contributed by atoms with Gasteiger partial charge in [0.25, 0.3) is 0 Å². The van der Waals surface area contributed by atoms with Crippen molar-refractivity contribution >= 4 is 48.6 Å². The fraction of sp³-hybridized carbons (Fsp3) is 0.0164. The van der Waals surface area contributed by atoms with Crippen LogP contribution in [-0.4, -0.2) is 0 Å². The van der Waals surface area contributed by atoms with Crippen LogP contribution in [0.4, 0.5) is 17.1 Å². The summed E-state index contributed by atoms with van der Waals surface area (Å²) in [5.41, 5.74) is 20.8. The first-order chi connectivity index (χ1) is 31.3. The molecule has 1 aromatic heterocycles. The quantitative estimate of drug-likeness (QED) is 0.162. The molecule has 0 atom stereocenters. The van der Waals surface area contributed by atoms with Gasteiger partial charge in [0.15, 0.2) is 0 Å². The van der Waals surface area contributed by atoms with Gasteiger partial charge in [-0.1, -0.05) is 188 Å². The van der Waals surface area contributed by atoms with E-state index < -0.39 is 5.41 Å². The van der Waals surface area contributed by atoms with Crippen molar-refractivity contribution in [1.29, 1.82) is 0 Å². The lowest BCUT2D eigenvalue weighted by Crippen LogP contribution is -2.26. The van der Waals surface area contributed by atoms with Crippen LogP contribution in [0.2, 0.25) is 0 Å². The van der Waals surface area contributed by atoms with Gasteiger partial charge in [0.05, 0.1) is 5.41 Å². The molecule has 1 spiro atoms. The Morgan fingerprint density at radius 1 is 0.302 bits per heavy atom. The molecule has 10 aromatic carbocycles. The molecule has 63 heavy (non-hydrogen) atoms. The molecule has 1 nitrogen and oxygen atoms in total. The lowest BCUT2D eigenvalue weighted by molar-refractivity contribution is 0.795. The maximum absolute atomic E-state index is 2.56. The molecular formula is C61H39NS. The molecule has 2 aliphatic rings. The number of anilines is 3. The SMILES string of the molecule is c1ccc(-c2ccc(N(c3ccc(-c4ccccc4)cc3)c3ccc4c(c3)C3(c5ccccc5-c5ccccc53)c3cc5sc6ccccc6c5c(-c5ccccc5)c3-4)cc2)cc1. The van der Waals surface area contributed by atoms with E-state index in [2.05, 4.69) is 241 Å². The van der Waals surface area contributed by atoms with E-state index in [0.717, 1.165) is 17.1 Å². The van der Waals surface area contributed by atoms with Crippen LogP contribution in [0.5, 0.6) is 0 Å². The molecule has 0 fully saturated rings. The molecule has 0 bridgehead atoms. The Balaban J connectivity index is 1.10. The summed E-state index contributed by atoms with van der Waals surface area (Å²) in [6.07, 6.45) is 0. The number of hydrogen-bond donors (Lipinski definition) is 0. The second-order valence-electron chi connectivity index (χ2n) is 16.7. The molecule has 294 valence electrons. The number of hydrogen-bond acceptors (Lipinski definition) is 2. The lowest BCUT2D eigenvalue weighted by atomic mass is 9.70. The minimum absolute atomic E-state index is 0.540. The summed E-state index contributed by atoms with van der Waals surface area (Å²) < 4.78 is 2.64. The minimum Gasteiger partial charge on any atom is -0.310 e. The van der Waals surface area contributed by atoms with Gasteiger partial charge in [-0.05, 0) is 126 Å². The standard InChI is InChI=1S/C61H39NS/c1-4-16-40(17-5-1)42-28-32-45(33-29-42)62(46-34-30-43(31-35-46)41-18-6-2-7-19-41)47-36-37-50-54(38-47)61(52-25-13-10-22-48(52)49-23-11-14-26-53(49)61)55-39-57-60(51-24-12-15-27-56(51)63-57)58(59(50)55)44-20-8-3-9-21-44/h1-39H. The van der Waals surface area contributed by atoms with Crippen LogP contribution in [0.15, 0.2) is 237 Å². The summed E-state index contributed by atoms with van der Waals surface area (Å²) in [4.78, 5) is 2.44. The summed E-state index contributed by atoms with van der Waals surface area (Å²) in [5.74, 6) is 0. The van der Waals surface area contributed by atoms with Gasteiger partial charge in [-0.3, -0.25) is 0 Å².